The first-order valence-corrected chi connectivity index (χ1v) is 10.6. The van der Waals surface area contributed by atoms with Crippen LogP contribution in [0.5, 0.6) is 0 Å². The van der Waals surface area contributed by atoms with Gasteiger partial charge in [-0.3, -0.25) is 19.3 Å². The number of amides is 1. The summed E-state index contributed by atoms with van der Waals surface area (Å²) in [7, 11) is 0. The number of ether oxygens (including phenoxy) is 1. The van der Waals surface area contributed by atoms with Gasteiger partial charge in [0.2, 0.25) is 0 Å². The zero-order valence-electron chi connectivity index (χ0n) is 16.1. The highest BCUT2D eigenvalue weighted by molar-refractivity contribution is 7.22. The summed E-state index contributed by atoms with van der Waals surface area (Å²) in [6, 6.07) is 9.78. The van der Waals surface area contributed by atoms with E-state index in [1.807, 2.05) is 37.4 Å². The highest BCUT2D eigenvalue weighted by Crippen LogP contribution is 2.29. The Morgan fingerprint density at radius 3 is 2.82 bits per heavy atom. The van der Waals surface area contributed by atoms with Gasteiger partial charge in [-0.15, -0.1) is 0 Å². The first kappa shape index (κ1) is 19.0. The SMILES string of the molecule is CCn1ccc(C(=O)N(CCCN2CCOCC2)c2nc3ccccc3s2)n1. The van der Waals surface area contributed by atoms with Gasteiger partial charge in [-0.1, -0.05) is 23.5 Å². The van der Waals surface area contributed by atoms with Gasteiger partial charge in [0, 0.05) is 38.9 Å². The molecule has 0 N–H and O–H groups in total. The summed E-state index contributed by atoms with van der Waals surface area (Å²) in [6.07, 6.45) is 2.73. The van der Waals surface area contributed by atoms with Crippen LogP contribution in [0, 0.1) is 0 Å². The summed E-state index contributed by atoms with van der Waals surface area (Å²) < 4.78 is 8.28. The summed E-state index contributed by atoms with van der Waals surface area (Å²) in [5.74, 6) is -0.0896. The second kappa shape index (κ2) is 8.81. The zero-order valence-corrected chi connectivity index (χ0v) is 16.9. The number of para-hydroxylation sites is 1. The molecule has 1 aliphatic rings. The third-order valence-electron chi connectivity index (χ3n) is 4.90. The first-order valence-electron chi connectivity index (χ1n) is 9.75. The number of benzene rings is 1. The Morgan fingerprint density at radius 1 is 1.25 bits per heavy atom. The van der Waals surface area contributed by atoms with E-state index in [9.17, 15) is 4.79 Å². The Kier molecular flexibility index (Phi) is 5.99. The smallest absolute Gasteiger partial charge is 0.280 e. The van der Waals surface area contributed by atoms with E-state index in [-0.39, 0.29) is 5.91 Å². The molecule has 4 rings (SSSR count). The van der Waals surface area contributed by atoms with Crippen molar-refractivity contribution in [1.29, 1.82) is 0 Å². The third kappa shape index (κ3) is 4.24. The average Bonchev–Trinajstić information content (AvgIpc) is 3.38. The van der Waals surface area contributed by atoms with Crippen LogP contribution in [0.15, 0.2) is 36.5 Å². The van der Waals surface area contributed by atoms with Crippen LogP contribution in [0.3, 0.4) is 0 Å². The van der Waals surface area contributed by atoms with Crippen LogP contribution in [0.25, 0.3) is 10.2 Å². The Labute approximate surface area is 168 Å². The van der Waals surface area contributed by atoms with Gasteiger partial charge in [-0.25, -0.2) is 4.98 Å². The van der Waals surface area contributed by atoms with E-state index in [1.165, 1.54) is 0 Å². The van der Waals surface area contributed by atoms with Crippen molar-refractivity contribution in [3.8, 4) is 0 Å². The standard InChI is InChI=1S/C20H25N5O2S/c1-2-24-11-8-17(22-24)19(26)25(10-5-9-23-12-14-27-15-13-23)20-21-16-6-3-4-7-18(16)28-20/h3-4,6-8,11H,2,5,9-10,12-15H2,1H3. The van der Waals surface area contributed by atoms with E-state index in [1.54, 1.807) is 27.0 Å². The van der Waals surface area contributed by atoms with Crippen molar-refractivity contribution < 1.29 is 9.53 Å². The van der Waals surface area contributed by atoms with E-state index in [4.69, 9.17) is 9.72 Å². The molecule has 2 aromatic heterocycles. The summed E-state index contributed by atoms with van der Waals surface area (Å²) in [5.41, 5.74) is 1.39. The maximum absolute atomic E-state index is 13.2. The number of hydrogen-bond donors (Lipinski definition) is 0. The van der Waals surface area contributed by atoms with Crippen molar-refractivity contribution in [3.63, 3.8) is 0 Å². The van der Waals surface area contributed by atoms with Gasteiger partial charge >= 0.3 is 0 Å². The molecule has 0 unspecified atom stereocenters. The van der Waals surface area contributed by atoms with Crippen LogP contribution < -0.4 is 4.90 Å². The van der Waals surface area contributed by atoms with Gasteiger partial charge in [0.25, 0.3) is 5.91 Å². The molecule has 1 aliphatic heterocycles. The predicted molar refractivity (Wildman–Crippen MR) is 111 cm³/mol. The maximum Gasteiger partial charge on any atom is 0.280 e. The Bertz CT molecular complexity index is 898. The lowest BCUT2D eigenvalue weighted by atomic mass is 10.3. The van der Waals surface area contributed by atoms with Gasteiger partial charge in [-0.2, -0.15) is 5.10 Å². The number of anilines is 1. The minimum absolute atomic E-state index is 0.0896. The largest absolute Gasteiger partial charge is 0.379 e. The van der Waals surface area contributed by atoms with Crippen LogP contribution in [0.1, 0.15) is 23.8 Å². The highest BCUT2D eigenvalue weighted by atomic mass is 32.1. The molecular formula is C20H25N5O2S. The summed E-state index contributed by atoms with van der Waals surface area (Å²) in [4.78, 5) is 22.1. The molecule has 0 saturated carbocycles. The molecule has 3 heterocycles. The van der Waals surface area contributed by atoms with Crippen LogP contribution in [0.4, 0.5) is 5.13 Å². The molecule has 1 aromatic carbocycles. The lowest BCUT2D eigenvalue weighted by Gasteiger charge is -2.27. The monoisotopic (exact) mass is 399 g/mol. The number of carbonyl (C=O) groups is 1. The molecule has 0 radical (unpaired) electrons. The fourth-order valence-corrected chi connectivity index (χ4v) is 4.32. The molecule has 1 saturated heterocycles. The van der Waals surface area contributed by atoms with E-state index < -0.39 is 0 Å². The second-order valence-electron chi connectivity index (χ2n) is 6.79. The number of fused-ring (bicyclic) bond motifs is 1. The molecule has 28 heavy (non-hydrogen) atoms. The molecular weight excluding hydrogens is 374 g/mol. The number of hydrogen-bond acceptors (Lipinski definition) is 6. The minimum Gasteiger partial charge on any atom is -0.379 e. The maximum atomic E-state index is 13.2. The molecule has 1 amide bonds. The van der Waals surface area contributed by atoms with Crippen LogP contribution in [-0.2, 0) is 11.3 Å². The quantitative estimate of drug-likeness (QED) is 0.611. The molecule has 3 aromatic rings. The van der Waals surface area contributed by atoms with E-state index in [2.05, 4.69) is 10.00 Å². The van der Waals surface area contributed by atoms with Crippen molar-refractivity contribution in [3.05, 3.63) is 42.2 Å². The fourth-order valence-electron chi connectivity index (χ4n) is 3.33. The average molecular weight is 400 g/mol. The lowest BCUT2D eigenvalue weighted by Crippen LogP contribution is -2.39. The van der Waals surface area contributed by atoms with Crippen molar-refractivity contribution in [2.45, 2.75) is 19.9 Å². The Morgan fingerprint density at radius 2 is 2.07 bits per heavy atom. The first-order chi connectivity index (χ1) is 13.7. The van der Waals surface area contributed by atoms with Gasteiger partial charge in [0.05, 0.1) is 23.4 Å². The van der Waals surface area contributed by atoms with Crippen LogP contribution in [0.2, 0.25) is 0 Å². The molecule has 0 bridgehead atoms. The van der Waals surface area contributed by atoms with Gasteiger partial charge in [-0.05, 0) is 31.5 Å². The Balaban J connectivity index is 1.53. The number of morpholine rings is 1. The normalized spacial score (nSPS) is 15.2. The Hall–Kier alpha value is -2.29. The molecule has 0 aliphatic carbocycles. The number of aryl methyl sites for hydroxylation is 1. The zero-order chi connectivity index (χ0) is 19.3. The molecule has 0 atom stereocenters. The third-order valence-corrected chi connectivity index (χ3v) is 5.96. The predicted octanol–water partition coefficient (Wildman–Crippen LogP) is 2.88. The number of aromatic nitrogens is 3. The highest BCUT2D eigenvalue weighted by Gasteiger charge is 2.23. The van der Waals surface area contributed by atoms with Gasteiger partial charge < -0.3 is 4.74 Å². The van der Waals surface area contributed by atoms with E-state index >= 15 is 0 Å². The van der Waals surface area contributed by atoms with Crippen molar-refractivity contribution in [2.24, 2.45) is 0 Å². The number of rotatable bonds is 7. The topological polar surface area (TPSA) is 63.5 Å². The minimum atomic E-state index is -0.0896. The van der Waals surface area contributed by atoms with Crippen molar-refractivity contribution in [1.82, 2.24) is 19.7 Å². The van der Waals surface area contributed by atoms with Crippen molar-refractivity contribution in [2.75, 3.05) is 44.3 Å². The fraction of sp³-hybridized carbons (Fsp3) is 0.450. The second-order valence-corrected chi connectivity index (χ2v) is 7.79. The molecule has 8 heteroatoms. The van der Waals surface area contributed by atoms with Crippen LogP contribution >= 0.6 is 11.3 Å². The summed E-state index contributed by atoms with van der Waals surface area (Å²) in [5, 5.41) is 5.14. The molecule has 7 nitrogen and oxygen atoms in total. The number of carbonyl (C=O) groups excluding carboxylic acids is 1. The van der Waals surface area contributed by atoms with Gasteiger partial charge in [0.1, 0.15) is 0 Å². The number of thiazole rings is 1. The van der Waals surface area contributed by atoms with E-state index in [0.717, 1.165) is 61.2 Å². The number of nitrogens with zero attached hydrogens (tertiary/aromatic N) is 5. The van der Waals surface area contributed by atoms with Crippen molar-refractivity contribution >= 4 is 32.6 Å². The lowest BCUT2D eigenvalue weighted by molar-refractivity contribution is 0.0376. The van der Waals surface area contributed by atoms with Crippen LogP contribution in [-0.4, -0.2) is 65.0 Å². The van der Waals surface area contributed by atoms with E-state index in [0.29, 0.717) is 12.2 Å². The van der Waals surface area contributed by atoms with Gasteiger partial charge in [0.15, 0.2) is 10.8 Å². The summed E-state index contributed by atoms with van der Waals surface area (Å²) >= 11 is 1.55. The summed E-state index contributed by atoms with van der Waals surface area (Å²) in [6.45, 7) is 7.80. The molecule has 1 fully saturated rings. The molecule has 148 valence electrons. The molecule has 0 spiro atoms.